The number of rotatable bonds is 0. The fourth-order valence-corrected chi connectivity index (χ4v) is 4.11. The van der Waals surface area contributed by atoms with Crippen molar-refractivity contribution in [1.29, 1.82) is 5.26 Å². The van der Waals surface area contributed by atoms with Crippen LogP contribution in [0.2, 0.25) is 0 Å². The molecule has 126 valence electrons. The van der Waals surface area contributed by atoms with Gasteiger partial charge in [0.05, 0.1) is 11.3 Å². The summed E-state index contributed by atoms with van der Waals surface area (Å²) in [5.41, 5.74) is 5.90. The van der Waals surface area contributed by atoms with Crippen LogP contribution in [-0.2, 0) is 19.7 Å². The molecule has 1 amide bonds. The number of para-hydroxylation sites is 1. The smallest absolute Gasteiger partial charge is 0.246 e. The van der Waals surface area contributed by atoms with Crippen molar-refractivity contribution in [2.75, 3.05) is 5.32 Å². The Hall–Kier alpha value is -3.07. The van der Waals surface area contributed by atoms with Gasteiger partial charge >= 0.3 is 0 Å². The van der Waals surface area contributed by atoms with E-state index in [4.69, 9.17) is 10.5 Å². The number of carbonyl (C=O) groups is 2. The molecule has 0 saturated heterocycles. The third-order valence-electron chi connectivity index (χ3n) is 5.11. The SMILES string of the molecule is CC1(C)CC(=O)C2=C(C1)OC(C#N)=C(N)[C@]21C(=O)Nc2ccccc21. The lowest BCUT2D eigenvalue weighted by Crippen LogP contribution is -2.49. The maximum Gasteiger partial charge on any atom is 0.246 e. The molecule has 1 atom stereocenters. The lowest BCUT2D eigenvalue weighted by atomic mass is 9.63. The van der Waals surface area contributed by atoms with Crippen molar-refractivity contribution in [3.05, 3.63) is 52.6 Å². The number of nitrogens with two attached hydrogens (primary N) is 1. The van der Waals surface area contributed by atoms with Crippen molar-refractivity contribution in [2.24, 2.45) is 11.1 Å². The van der Waals surface area contributed by atoms with Gasteiger partial charge < -0.3 is 15.8 Å². The highest BCUT2D eigenvalue weighted by Crippen LogP contribution is 2.54. The number of anilines is 1. The summed E-state index contributed by atoms with van der Waals surface area (Å²) in [5.74, 6) is -0.323. The van der Waals surface area contributed by atoms with E-state index in [1.165, 1.54) is 0 Å². The van der Waals surface area contributed by atoms with Crippen molar-refractivity contribution < 1.29 is 14.3 Å². The molecule has 1 aliphatic carbocycles. The molecule has 3 N–H and O–H groups in total. The number of ketones is 1. The quantitative estimate of drug-likeness (QED) is 0.756. The van der Waals surface area contributed by atoms with Crippen LogP contribution in [-0.4, -0.2) is 11.7 Å². The molecule has 0 aromatic heterocycles. The van der Waals surface area contributed by atoms with E-state index < -0.39 is 11.3 Å². The second-order valence-electron chi connectivity index (χ2n) is 7.45. The third-order valence-corrected chi connectivity index (χ3v) is 5.11. The van der Waals surface area contributed by atoms with Gasteiger partial charge in [0.2, 0.25) is 11.7 Å². The Morgan fingerprint density at radius 2 is 1.96 bits per heavy atom. The standard InChI is InChI=1S/C19H17N3O3/c1-18(2)7-12(23)15-13(8-18)25-14(9-20)16(21)19(15)10-5-3-4-6-11(10)22-17(19)24/h3-6H,7-8,21H2,1-2H3,(H,22,24)/t19-/m1/s1. The Bertz CT molecular complexity index is 949. The minimum Gasteiger partial charge on any atom is -0.448 e. The number of allylic oxidation sites excluding steroid dienone is 2. The maximum absolute atomic E-state index is 13.1. The van der Waals surface area contributed by atoms with Crippen LogP contribution in [0, 0.1) is 16.7 Å². The average Bonchev–Trinajstić information content (AvgIpc) is 2.82. The fraction of sp³-hybridized carbons (Fsp3) is 0.316. The fourth-order valence-electron chi connectivity index (χ4n) is 4.11. The van der Waals surface area contributed by atoms with Gasteiger partial charge in [-0.1, -0.05) is 32.0 Å². The van der Waals surface area contributed by atoms with Gasteiger partial charge in [0.1, 0.15) is 11.8 Å². The molecule has 6 heteroatoms. The van der Waals surface area contributed by atoms with Crippen LogP contribution in [0.25, 0.3) is 0 Å². The molecular weight excluding hydrogens is 318 g/mol. The minimum atomic E-state index is -1.48. The molecule has 0 unspecified atom stereocenters. The molecule has 1 aromatic carbocycles. The van der Waals surface area contributed by atoms with Crippen molar-refractivity contribution in [2.45, 2.75) is 32.1 Å². The van der Waals surface area contributed by atoms with E-state index in [0.29, 0.717) is 29.9 Å². The van der Waals surface area contributed by atoms with Crippen molar-refractivity contribution in [1.82, 2.24) is 0 Å². The zero-order valence-corrected chi connectivity index (χ0v) is 14.0. The van der Waals surface area contributed by atoms with Crippen LogP contribution in [0.3, 0.4) is 0 Å². The van der Waals surface area contributed by atoms with Crippen molar-refractivity contribution >= 4 is 17.4 Å². The van der Waals surface area contributed by atoms with Gasteiger partial charge in [0.15, 0.2) is 11.2 Å². The summed E-state index contributed by atoms with van der Waals surface area (Å²) in [7, 11) is 0. The normalized spacial score (nSPS) is 26.8. The molecule has 0 radical (unpaired) electrons. The molecule has 6 nitrogen and oxygen atoms in total. The van der Waals surface area contributed by atoms with E-state index in [9.17, 15) is 14.9 Å². The molecule has 2 aliphatic heterocycles. The molecule has 25 heavy (non-hydrogen) atoms. The van der Waals surface area contributed by atoms with Gasteiger partial charge in [-0.15, -0.1) is 0 Å². The number of nitrogens with one attached hydrogen (secondary N) is 1. The molecule has 1 spiro atoms. The van der Waals surface area contributed by atoms with Crippen LogP contribution in [0.5, 0.6) is 0 Å². The van der Waals surface area contributed by atoms with Crippen molar-refractivity contribution in [3.8, 4) is 6.07 Å². The van der Waals surface area contributed by atoms with Crippen LogP contribution in [0.15, 0.2) is 47.1 Å². The number of nitriles is 1. The van der Waals surface area contributed by atoms with E-state index in [2.05, 4.69) is 5.32 Å². The first kappa shape index (κ1) is 15.5. The summed E-state index contributed by atoms with van der Waals surface area (Å²) in [6.45, 7) is 3.92. The molecule has 1 aromatic rings. The number of nitrogens with zero attached hydrogens (tertiary/aromatic N) is 1. The first-order valence-corrected chi connectivity index (χ1v) is 8.07. The summed E-state index contributed by atoms with van der Waals surface area (Å²) in [4.78, 5) is 26.1. The number of amides is 1. The minimum absolute atomic E-state index is 0.0238. The molecular formula is C19H17N3O3. The Balaban J connectivity index is 2.08. The molecule has 3 aliphatic rings. The number of Topliss-reactive ketones (excluding diaryl/α,β-unsaturated/α-hetero) is 1. The van der Waals surface area contributed by atoms with E-state index >= 15 is 0 Å². The predicted molar refractivity (Wildman–Crippen MR) is 89.7 cm³/mol. The summed E-state index contributed by atoms with van der Waals surface area (Å²) in [6, 6.07) is 9.04. The lowest BCUT2D eigenvalue weighted by molar-refractivity contribution is -0.124. The van der Waals surface area contributed by atoms with Crippen LogP contribution in [0.4, 0.5) is 5.69 Å². The summed E-state index contributed by atoms with van der Waals surface area (Å²) in [5, 5.41) is 12.3. The topological polar surface area (TPSA) is 105 Å². The monoisotopic (exact) mass is 335 g/mol. The predicted octanol–water partition coefficient (Wildman–Crippen LogP) is 2.24. The highest BCUT2D eigenvalue weighted by molar-refractivity contribution is 6.18. The lowest BCUT2D eigenvalue weighted by Gasteiger charge is -2.41. The highest BCUT2D eigenvalue weighted by atomic mass is 16.5. The van der Waals surface area contributed by atoms with E-state index in [1.807, 2.05) is 19.9 Å². The van der Waals surface area contributed by atoms with Gasteiger partial charge in [0, 0.05) is 24.1 Å². The van der Waals surface area contributed by atoms with Gasteiger partial charge in [0.25, 0.3) is 0 Å². The third kappa shape index (κ3) is 1.84. The van der Waals surface area contributed by atoms with Crippen LogP contribution in [0.1, 0.15) is 32.3 Å². The molecule has 4 rings (SSSR count). The van der Waals surface area contributed by atoms with Crippen molar-refractivity contribution in [3.63, 3.8) is 0 Å². The molecule has 2 heterocycles. The van der Waals surface area contributed by atoms with E-state index in [1.54, 1.807) is 24.3 Å². The summed E-state index contributed by atoms with van der Waals surface area (Å²) >= 11 is 0. The van der Waals surface area contributed by atoms with Gasteiger partial charge in [-0.05, 0) is 11.5 Å². The largest absolute Gasteiger partial charge is 0.448 e. The van der Waals surface area contributed by atoms with Crippen LogP contribution >= 0.6 is 0 Å². The number of carbonyl (C=O) groups excluding carboxylic acids is 2. The second-order valence-corrected chi connectivity index (χ2v) is 7.45. The Morgan fingerprint density at radius 3 is 2.68 bits per heavy atom. The van der Waals surface area contributed by atoms with E-state index in [-0.39, 0.29) is 28.2 Å². The summed E-state index contributed by atoms with van der Waals surface area (Å²) < 4.78 is 5.68. The highest BCUT2D eigenvalue weighted by Gasteiger charge is 2.60. The van der Waals surface area contributed by atoms with Crippen LogP contribution < -0.4 is 11.1 Å². The average molecular weight is 335 g/mol. The number of ether oxygens (including phenoxy) is 1. The van der Waals surface area contributed by atoms with Gasteiger partial charge in [-0.25, -0.2) is 0 Å². The second kappa shape index (κ2) is 4.73. The number of hydrogen-bond acceptors (Lipinski definition) is 5. The van der Waals surface area contributed by atoms with E-state index in [0.717, 1.165) is 0 Å². The Labute approximate surface area is 144 Å². The zero-order valence-electron chi connectivity index (χ0n) is 14.0. The zero-order chi connectivity index (χ0) is 18.0. The maximum atomic E-state index is 13.1. The Morgan fingerprint density at radius 1 is 1.24 bits per heavy atom. The first-order chi connectivity index (χ1) is 11.8. The number of benzene rings is 1. The molecule has 0 fully saturated rings. The van der Waals surface area contributed by atoms with Gasteiger partial charge in [-0.3, -0.25) is 9.59 Å². The van der Waals surface area contributed by atoms with Gasteiger partial charge in [-0.2, -0.15) is 5.26 Å². The summed E-state index contributed by atoms with van der Waals surface area (Å²) in [6.07, 6.45) is 0.755. The number of hydrogen-bond donors (Lipinski definition) is 2. The number of fused-ring (bicyclic) bond motifs is 3. The first-order valence-electron chi connectivity index (χ1n) is 8.07. The molecule has 0 bridgehead atoms. The molecule has 0 saturated carbocycles. The Kier molecular flexibility index (Phi) is 2.92.